The lowest BCUT2D eigenvalue weighted by molar-refractivity contribution is -0.135. The summed E-state index contributed by atoms with van der Waals surface area (Å²) in [7, 11) is 7.11. The summed E-state index contributed by atoms with van der Waals surface area (Å²) in [5.74, 6) is 0.284. The monoisotopic (exact) mass is 1630 g/mol. The van der Waals surface area contributed by atoms with Crippen LogP contribution in [0.1, 0.15) is 146 Å². The molecule has 8 aliphatic heterocycles. The standard InChI is InChI=1S/2C23H22N4O3.C23H22N4O2S.C22H21N5O3/c2*1-14-25(2)23(29)18-12-26(14)13-20-21(18)17-5-3-4-6-19(17)27(20)11-15-7-9-16(10-8-15)22(28)24-30;1-3-19(28)15-8-6-14(7-9-15)11-27-18-13-26-12-17(22(30)25(2)23(26)29)20(18)16-5-4-10-24-21(16)27;1-13-25(2)22(29)17-11-26(13)12-18-19(17)16-4-3-9-23-20(16)27(18)10-14-5-7-15(8-6-14)21(28)24-30/h2*3-10,18,30H,1,11-13H2,2H3,(H,24,28);4-10,17H,3,11-13H2,1-2H3;3-9,17,30H,1,10-12H2,2H3,(H,24,28). The van der Waals surface area contributed by atoms with E-state index in [4.69, 9.17) is 27.8 Å². The third-order valence-corrected chi connectivity index (χ3v) is 25.4. The zero-order valence-electron chi connectivity index (χ0n) is 66.7. The smallest absolute Gasteiger partial charge is 0.325 e. The van der Waals surface area contributed by atoms with E-state index in [1.54, 1.807) is 113 Å². The first-order valence-electron chi connectivity index (χ1n) is 39.5. The maximum absolute atomic E-state index is 13.0. The molecule has 120 heavy (non-hydrogen) atoms. The molecule has 4 saturated heterocycles. The molecule has 4 atom stereocenters. The summed E-state index contributed by atoms with van der Waals surface area (Å²) in [6.45, 7) is 21.8. The van der Waals surface area contributed by atoms with Crippen LogP contribution in [-0.4, -0.2) is 190 Å². The minimum absolute atomic E-state index is 0.00366. The van der Waals surface area contributed by atoms with Crippen molar-refractivity contribution in [2.45, 2.75) is 89.4 Å². The number of Topliss-reactive ketones (excluding diaryl/α,β-unsaturated/α-hetero) is 1. The van der Waals surface area contributed by atoms with Gasteiger partial charge in [-0.15, -0.1) is 0 Å². The van der Waals surface area contributed by atoms with Crippen molar-refractivity contribution in [3.05, 3.63) is 309 Å². The Morgan fingerprint density at radius 2 is 0.692 bits per heavy atom. The van der Waals surface area contributed by atoms with Gasteiger partial charge in [-0.1, -0.05) is 136 Å². The number of rotatable bonds is 13. The number of pyridine rings is 2. The van der Waals surface area contributed by atoms with Crippen molar-refractivity contribution < 1.29 is 54.0 Å². The lowest BCUT2D eigenvalue weighted by Gasteiger charge is -2.44. The Bertz CT molecular complexity index is 5550. The van der Waals surface area contributed by atoms with Crippen LogP contribution < -0.4 is 16.4 Å². The van der Waals surface area contributed by atoms with Crippen LogP contribution in [0.5, 0.6) is 0 Å². The highest BCUT2D eigenvalue weighted by atomic mass is 32.1. The number of aromatic nitrogens is 6. The first kappa shape index (κ1) is 78.6. The van der Waals surface area contributed by atoms with E-state index < -0.39 is 17.7 Å². The molecule has 28 nitrogen and oxygen atoms in total. The number of amides is 8. The number of ketones is 1. The molecule has 8 bridgehead atoms. The fraction of sp³-hybridized carbons (Fsp3) is 0.242. The second-order valence-electron chi connectivity index (χ2n) is 31.3. The maximum Gasteiger partial charge on any atom is 0.325 e. The van der Waals surface area contributed by atoms with Gasteiger partial charge in [-0.05, 0) is 117 Å². The number of urea groups is 1. The maximum atomic E-state index is 13.0. The molecule has 12 aromatic rings. The molecule has 6 N–H and O–H groups in total. The molecule has 0 saturated carbocycles. The molecule has 20 rings (SSSR count). The Balaban J connectivity index is 0.000000114. The van der Waals surface area contributed by atoms with Crippen molar-refractivity contribution in [3.63, 3.8) is 0 Å². The molecule has 0 spiro atoms. The Labute approximate surface area is 695 Å². The number of hydroxylamine groups is 3. The molecule has 6 aromatic carbocycles. The number of benzene rings is 6. The van der Waals surface area contributed by atoms with Gasteiger partial charge in [-0.3, -0.25) is 54.1 Å². The summed E-state index contributed by atoms with van der Waals surface area (Å²) in [5.41, 5.74) is 23.8. The third kappa shape index (κ3) is 13.5. The molecule has 6 aromatic heterocycles. The van der Waals surface area contributed by atoms with Crippen LogP contribution in [0.2, 0.25) is 0 Å². The van der Waals surface area contributed by atoms with E-state index in [-0.39, 0.29) is 53.2 Å². The number of thiocarbonyl (C=S) groups is 1. The lowest BCUT2D eigenvalue weighted by atomic mass is 9.89. The molecular weight excluding hydrogens is 1540 g/mol. The number of nitrogens with one attached hydrogen (secondary N) is 3. The summed E-state index contributed by atoms with van der Waals surface area (Å²) in [4.78, 5) is 123. The number of hydrogen-bond donors (Lipinski definition) is 6. The zero-order chi connectivity index (χ0) is 84.0. The van der Waals surface area contributed by atoms with Gasteiger partial charge in [-0.25, -0.2) is 31.2 Å². The fourth-order valence-corrected chi connectivity index (χ4v) is 18.7. The molecule has 8 aliphatic rings. The first-order chi connectivity index (χ1) is 58.0. The number of para-hydroxylation sites is 2. The van der Waals surface area contributed by atoms with Gasteiger partial charge in [0.2, 0.25) is 17.7 Å². The van der Waals surface area contributed by atoms with E-state index in [1.807, 2.05) is 115 Å². The number of hydrogen-bond acceptors (Lipinski definition) is 17. The second kappa shape index (κ2) is 31.5. The Hall–Kier alpha value is -13.9. The predicted molar refractivity (Wildman–Crippen MR) is 452 cm³/mol. The fourth-order valence-electron chi connectivity index (χ4n) is 18.4. The number of carbonyl (C=O) groups excluding carboxylic acids is 8. The SMILES string of the molecule is C=C1N2Cc3c(c4ccccc4n3Cc3ccc(C(=O)NO)cc3)C(C2)C(=O)N1C.C=C1N2Cc3c(c4ccccc4n3Cc3ccc(C(=O)NO)cc3)C(C2)C(=O)N1C.C=C1N2Cc3c(c4cccnc4n3Cc3ccc(C(=O)NO)cc3)C(C2)C(=O)N1C.CCC(=O)c1ccc(Cn2c3c(c4cccnc42)C2CN(C3)C(=O)N(C)C2=S)cc1. The normalized spacial score (nSPS) is 18.0. The Morgan fingerprint density at radius 1 is 0.392 bits per heavy atom. The van der Waals surface area contributed by atoms with E-state index in [0.29, 0.717) is 112 Å². The van der Waals surface area contributed by atoms with Crippen LogP contribution in [0.25, 0.3) is 43.9 Å². The second-order valence-corrected chi connectivity index (χ2v) is 31.7. The summed E-state index contributed by atoms with van der Waals surface area (Å²) in [6.07, 6.45) is 4.06. The van der Waals surface area contributed by atoms with Gasteiger partial charge in [0.1, 0.15) is 28.8 Å². The van der Waals surface area contributed by atoms with Gasteiger partial charge in [0.05, 0.1) is 54.8 Å². The predicted octanol–water partition coefficient (Wildman–Crippen LogP) is 11.3. The zero-order valence-corrected chi connectivity index (χ0v) is 67.5. The molecule has 14 heterocycles. The highest BCUT2D eigenvalue weighted by Crippen LogP contribution is 2.47. The highest BCUT2D eigenvalue weighted by molar-refractivity contribution is 7.80. The molecular formula is C91H87N17O11S. The number of nitrogens with zero attached hydrogens (tertiary/aromatic N) is 14. The molecule has 0 aliphatic carbocycles. The van der Waals surface area contributed by atoms with Gasteiger partial charge in [0, 0.05) is 177 Å². The van der Waals surface area contributed by atoms with Gasteiger partial charge in [0.15, 0.2) is 5.78 Å². The Kier molecular flexibility index (Phi) is 20.7. The number of carbonyl (C=O) groups is 8. The van der Waals surface area contributed by atoms with Crippen LogP contribution in [-0.2, 0) is 66.7 Å². The molecule has 4 unspecified atom stereocenters. The van der Waals surface area contributed by atoms with Crippen molar-refractivity contribution in [1.29, 1.82) is 0 Å². The van der Waals surface area contributed by atoms with Crippen LogP contribution in [0, 0.1) is 0 Å². The van der Waals surface area contributed by atoms with Crippen molar-refractivity contribution in [3.8, 4) is 0 Å². The topological polar surface area (TPSA) is 305 Å². The van der Waals surface area contributed by atoms with Gasteiger partial charge < -0.3 is 52.6 Å². The third-order valence-electron chi connectivity index (χ3n) is 24.8. The van der Waals surface area contributed by atoms with E-state index >= 15 is 0 Å². The first-order valence-corrected chi connectivity index (χ1v) is 39.9. The lowest BCUT2D eigenvalue weighted by Crippen LogP contribution is -2.55. The summed E-state index contributed by atoms with van der Waals surface area (Å²) in [6, 6.07) is 53.4. The minimum atomic E-state index is -0.547. The number of likely N-dealkylation sites (N-methyl/N-ethyl adjacent to an activating group) is 4. The average molecular weight is 1630 g/mol. The summed E-state index contributed by atoms with van der Waals surface area (Å²) >= 11 is 5.66. The van der Waals surface area contributed by atoms with Crippen molar-refractivity contribution in [1.82, 2.24) is 83.9 Å². The molecule has 0 radical (unpaired) electrons. The van der Waals surface area contributed by atoms with Crippen LogP contribution in [0.15, 0.2) is 219 Å². The quantitative estimate of drug-likeness (QED) is 0.0270. The minimum Gasteiger partial charge on any atom is -0.351 e. The van der Waals surface area contributed by atoms with E-state index in [1.165, 1.54) is 5.56 Å². The number of fused-ring (bicyclic) bond motifs is 24. The van der Waals surface area contributed by atoms with Crippen LogP contribution >= 0.6 is 12.2 Å². The van der Waals surface area contributed by atoms with E-state index in [9.17, 15) is 38.4 Å². The van der Waals surface area contributed by atoms with Gasteiger partial charge in [-0.2, -0.15) is 0 Å². The Morgan fingerprint density at radius 3 is 1.05 bits per heavy atom. The van der Waals surface area contributed by atoms with E-state index in [0.717, 1.165) is 123 Å². The molecule has 608 valence electrons. The summed E-state index contributed by atoms with van der Waals surface area (Å²) in [5, 5.41) is 30.7. The van der Waals surface area contributed by atoms with Crippen molar-refractivity contribution in [2.75, 3.05) is 54.4 Å². The van der Waals surface area contributed by atoms with Crippen LogP contribution in [0.4, 0.5) is 4.79 Å². The highest BCUT2D eigenvalue weighted by Gasteiger charge is 2.47. The van der Waals surface area contributed by atoms with Crippen molar-refractivity contribution >= 4 is 108 Å². The molecule has 29 heteroatoms. The van der Waals surface area contributed by atoms with Gasteiger partial charge in [0.25, 0.3) is 17.7 Å². The largest absolute Gasteiger partial charge is 0.351 e. The van der Waals surface area contributed by atoms with E-state index in [2.05, 4.69) is 93.0 Å². The molecule has 8 amide bonds. The average Bonchev–Trinajstić information content (AvgIpc) is 1.58. The van der Waals surface area contributed by atoms with Crippen molar-refractivity contribution in [2.24, 2.45) is 0 Å². The van der Waals surface area contributed by atoms with Crippen LogP contribution in [0.3, 0.4) is 0 Å². The summed E-state index contributed by atoms with van der Waals surface area (Å²) < 4.78 is 8.87. The molecule has 4 fully saturated rings. The van der Waals surface area contributed by atoms with Gasteiger partial charge >= 0.3 is 6.03 Å².